The van der Waals surface area contributed by atoms with Crippen LogP contribution in [0.15, 0.2) is 36.4 Å². The first-order valence-corrected chi connectivity index (χ1v) is 15.2. The summed E-state index contributed by atoms with van der Waals surface area (Å²) in [5, 5.41) is 4.61. The lowest BCUT2D eigenvalue weighted by Crippen LogP contribution is -2.51. The molecular weight excluding hydrogens is 570 g/mol. The number of aromatic nitrogens is 2. The molecule has 0 aliphatic carbocycles. The van der Waals surface area contributed by atoms with Crippen molar-refractivity contribution in [3.8, 4) is 29.5 Å². The van der Waals surface area contributed by atoms with E-state index in [9.17, 15) is 8.78 Å². The van der Waals surface area contributed by atoms with E-state index in [0.717, 1.165) is 32.2 Å². The molecule has 0 amide bonds. The summed E-state index contributed by atoms with van der Waals surface area (Å²) in [4.78, 5) is 13.4. The number of hydrogen-bond donors (Lipinski definition) is 1. The van der Waals surface area contributed by atoms with E-state index in [-0.39, 0.29) is 57.7 Å². The number of piperazine rings is 1. The zero-order chi connectivity index (χ0) is 30.2. The van der Waals surface area contributed by atoms with Crippen LogP contribution in [0.3, 0.4) is 0 Å². The minimum atomic E-state index is -0.926. The second-order valence-electron chi connectivity index (χ2n) is 12.7. The molecule has 4 aliphatic rings. The van der Waals surface area contributed by atoms with Crippen LogP contribution in [0.1, 0.15) is 37.7 Å². The Morgan fingerprint density at radius 1 is 1.05 bits per heavy atom. The molecule has 1 N–H and O–H groups in total. The van der Waals surface area contributed by atoms with Gasteiger partial charge in [0, 0.05) is 48.9 Å². The highest BCUT2D eigenvalue weighted by molar-refractivity contribution is 6.03. The SMILES string of the molecule is C#Cc1c(F)ccc2cccc(-c3c(F)cc4c(N5CC6CCC(C5)N6)nc(OC[C@@]56CCCN5C[C@H](F)C6)nc4c3F)c12. The highest BCUT2D eigenvalue weighted by Gasteiger charge is 2.49. The number of anilines is 1. The Hall–Kier alpha value is -3.94. The van der Waals surface area contributed by atoms with Gasteiger partial charge in [-0.3, -0.25) is 4.90 Å². The molecule has 1 aromatic heterocycles. The maximum atomic E-state index is 16.8. The van der Waals surface area contributed by atoms with Gasteiger partial charge in [0.1, 0.15) is 35.7 Å². The highest BCUT2D eigenvalue weighted by atomic mass is 19.1. The summed E-state index contributed by atoms with van der Waals surface area (Å²) < 4.78 is 68.3. The van der Waals surface area contributed by atoms with Crippen LogP contribution in [0.4, 0.5) is 23.4 Å². The van der Waals surface area contributed by atoms with E-state index < -0.39 is 29.2 Å². The first kappa shape index (κ1) is 27.6. The molecule has 4 aliphatic heterocycles. The predicted molar refractivity (Wildman–Crippen MR) is 161 cm³/mol. The highest BCUT2D eigenvalue weighted by Crippen LogP contribution is 2.42. The van der Waals surface area contributed by atoms with E-state index in [0.29, 0.717) is 37.3 Å². The Morgan fingerprint density at radius 3 is 2.66 bits per heavy atom. The first-order valence-electron chi connectivity index (χ1n) is 15.2. The minimum absolute atomic E-state index is 0.0355. The van der Waals surface area contributed by atoms with Crippen molar-refractivity contribution in [1.82, 2.24) is 20.2 Å². The van der Waals surface area contributed by atoms with Crippen LogP contribution in [-0.4, -0.2) is 71.4 Å². The Balaban J connectivity index is 1.29. The summed E-state index contributed by atoms with van der Waals surface area (Å²) >= 11 is 0. The summed E-state index contributed by atoms with van der Waals surface area (Å²) in [6.07, 6.45) is 8.87. The lowest BCUT2D eigenvalue weighted by molar-refractivity contribution is 0.107. The zero-order valence-electron chi connectivity index (χ0n) is 24.1. The molecule has 8 rings (SSSR count). The Kier molecular flexibility index (Phi) is 6.47. The van der Waals surface area contributed by atoms with Crippen LogP contribution < -0.4 is 15.0 Å². The van der Waals surface area contributed by atoms with Crippen molar-refractivity contribution in [1.29, 1.82) is 0 Å². The van der Waals surface area contributed by atoms with E-state index in [2.05, 4.69) is 21.1 Å². The molecule has 2 bridgehead atoms. The number of ether oxygens (including phenoxy) is 1. The number of nitrogens with one attached hydrogen (secondary N) is 1. The van der Waals surface area contributed by atoms with Gasteiger partial charge in [0.15, 0.2) is 5.82 Å². The number of alkyl halides is 1. The molecule has 44 heavy (non-hydrogen) atoms. The molecule has 4 aromatic rings. The molecule has 2 unspecified atom stereocenters. The zero-order valence-corrected chi connectivity index (χ0v) is 24.1. The van der Waals surface area contributed by atoms with Crippen molar-refractivity contribution in [3.05, 3.63) is 59.4 Å². The third-order valence-electron chi connectivity index (χ3n) is 10.00. The lowest BCUT2D eigenvalue weighted by atomic mass is 9.93. The maximum Gasteiger partial charge on any atom is 0.319 e. The fourth-order valence-corrected chi connectivity index (χ4v) is 8.03. The van der Waals surface area contributed by atoms with Gasteiger partial charge in [-0.2, -0.15) is 9.97 Å². The second kappa shape index (κ2) is 10.3. The summed E-state index contributed by atoms with van der Waals surface area (Å²) in [6.45, 7) is 2.61. The fourth-order valence-electron chi connectivity index (χ4n) is 8.03. The van der Waals surface area contributed by atoms with Crippen molar-refractivity contribution < 1.29 is 22.3 Å². The van der Waals surface area contributed by atoms with Crippen LogP contribution in [0.25, 0.3) is 32.8 Å². The average Bonchev–Trinajstić information content (AvgIpc) is 3.66. The average molecular weight is 602 g/mol. The molecule has 0 radical (unpaired) electrons. The monoisotopic (exact) mass is 601 g/mol. The van der Waals surface area contributed by atoms with Gasteiger partial charge >= 0.3 is 6.01 Å². The normalized spacial score (nSPS) is 26.4. The first-order chi connectivity index (χ1) is 21.3. The van der Waals surface area contributed by atoms with Gasteiger partial charge in [-0.25, -0.2) is 17.6 Å². The third-order valence-corrected chi connectivity index (χ3v) is 10.00. The van der Waals surface area contributed by atoms with Crippen molar-refractivity contribution in [3.63, 3.8) is 0 Å². The Bertz CT molecular complexity index is 1850. The smallest absolute Gasteiger partial charge is 0.319 e. The number of nitrogens with zero attached hydrogens (tertiary/aromatic N) is 4. The van der Waals surface area contributed by atoms with Gasteiger partial charge in [-0.05, 0) is 55.3 Å². The molecule has 4 saturated heterocycles. The van der Waals surface area contributed by atoms with Gasteiger partial charge in [0.05, 0.1) is 16.7 Å². The minimum Gasteiger partial charge on any atom is -0.461 e. The summed E-state index contributed by atoms with van der Waals surface area (Å²) in [5.74, 6) is 0.374. The van der Waals surface area contributed by atoms with E-state index in [4.69, 9.17) is 16.1 Å². The predicted octanol–water partition coefficient (Wildman–Crippen LogP) is 5.74. The van der Waals surface area contributed by atoms with Crippen LogP contribution in [0.5, 0.6) is 6.01 Å². The molecule has 4 atom stereocenters. The van der Waals surface area contributed by atoms with Gasteiger partial charge in [0.25, 0.3) is 0 Å². The molecular formula is C34H31F4N5O. The van der Waals surface area contributed by atoms with Crippen LogP contribution in [0.2, 0.25) is 0 Å². The number of benzene rings is 3. The standard InChI is InChI=1S/C34H31F4N5O/c1-2-23-26(36)10-7-19-5-3-6-24(28(19)23)29-27(37)13-25-31(30(29)38)40-33(41-32(25)42-16-21-8-9-22(17-42)39-21)44-18-34-11-4-12-43(34)15-20(35)14-34/h1,3,5-7,10,13,20-22,39H,4,8-9,11-12,14-18H2/t20-,21?,22?,34+/m1/s1. The molecule has 226 valence electrons. The van der Waals surface area contributed by atoms with E-state index in [1.807, 2.05) is 4.90 Å². The Labute approximate surface area is 252 Å². The van der Waals surface area contributed by atoms with Crippen LogP contribution >= 0.6 is 0 Å². The number of halogens is 4. The molecule has 6 nitrogen and oxygen atoms in total. The molecule has 4 fully saturated rings. The fraction of sp³-hybridized carbons (Fsp3) is 0.412. The van der Waals surface area contributed by atoms with Crippen LogP contribution in [-0.2, 0) is 0 Å². The number of fused-ring (bicyclic) bond motifs is 5. The van der Waals surface area contributed by atoms with Gasteiger partial charge in [-0.1, -0.05) is 30.2 Å². The van der Waals surface area contributed by atoms with Gasteiger partial charge in [-0.15, -0.1) is 6.42 Å². The molecule has 3 aromatic carbocycles. The van der Waals surface area contributed by atoms with E-state index >= 15 is 8.78 Å². The molecule has 0 spiro atoms. The van der Waals surface area contributed by atoms with Crippen LogP contribution in [0, 0.1) is 29.8 Å². The van der Waals surface area contributed by atoms with E-state index in [1.165, 1.54) is 24.3 Å². The molecule has 5 heterocycles. The van der Waals surface area contributed by atoms with E-state index in [1.54, 1.807) is 12.1 Å². The molecule has 10 heteroatoms. The molecule has 0 saturated carbocycles. The Morgan fingerprint density at radius 2 is 1.86 bits per heavy atom. The van der Waals surface area contributed by atoms with Crippen molar-refractivity contribution in [2.45, 2.75) is 55.9 Å². The van der Waals surface area contributed by atoms with Crippen molar-refractivity contribution in [2.75, 3.05) is 37.7 Å². The van der Waals surface area contributed by atoms with Gasteiger partial charge < -0.3 is 15.0 Å². The lowest BCUT2D eigenvalue weighted by Gasteiger charge is -2.34. The van der Waals surface area contributed by atoms with Crippen molar-refractivity contribution in [2.24, 2.45) is 0 Å². The number of terminal acetylenes is 1. The maximum absolute atomic E-state index is 16.8. The quantitative estimate of drug-likeness (QED) is 0.233. The summed E-state index contributed by atoms with van der Waals surface area (Å²) in [7, 11) is 0. The second-order valence-corrected chi connectivity index (χ2v) is 12.7. The summed E-state index contributed by atoms with van der Waals surface area (Å²) in [5.41, 5.74) is -0.827. The van der Waals surface area contributed by atoms with Crippen molar-refractivity contribution >= 4 is 27.5 Å². The number of hydrogen-bond acceptors (Lipinski definition) is 6. The number of rotatable bonds is 5. The summed E-state index contributed by atoms with van der Waals surface area (Å²) in [6, 6.07) is 9.40. The topological polar surface area (TPSA) is 53.5 Å². The van der Waals surface area contributed by atoms with Gasteiger partial charge in [0.2, 0.25) is 0 Å². The largest absolute Gasteiger partial charge is 0.461 e. The third kappa shape index (κ3) is 4.32.